The number of hydrogen-bond acceptors (Lipinski definition) is 6. The molecule has 0 aliphatic carbocycles. The van der Waals surface area contributed by atoms with Crippen LogP contribution < -0.4 is 5.32 Å². The van der Waals surface area contributed by atoms with Gasteiger partial charge in [-0.1, -0.05) is 20.8 Å². The fourth-order valence-electron chi connectivity index (χ4n) is 2.76. The summed E-state index contributed by atoms with van der Waals surface area (Å²) < 4.78 is 1.70. The zero-order valence-electron chi connectivity index (χ0n) is 16.5. The number of aromatic nitrogens is 4. The Morgan fingerprint density at radius 3 is 2.79 bits per heavy atom. The number of imidazole rings is 1. The Labute approximate surface area is 164 Å². The molecule has 0 bridgehead atoms. The summed E-state index contributed by atoms with van der Waals surface area (Å²) in [6, 6.07) is 7.44. The summed E-state index contributed by atoms with van der Waals surface area (Å²) in [6.45, 7) is 9.09. The van der Waals surface area contributed by atoms with Crippen LogP contribution in [-0.2, 0) is 0 Å². The van der Waals surface area contributed by atoms with E-state index in [2.05, 4.69) is 47.2 Å². The van der Waals surface area contributed by atoms with Gasteiger partial charge in [-0.25, -0.2) is 14.5 Å². The van der Waals surface area contributed by atoms with Crippen LogP contribution in [0.15, 0.2) is 36.8 Å². The maximum Gasteiger partial charge on any atom is 0.154 e. The molecule has 2 N–H and O–H groups in total. The molecule has 142 valence electrons. The molecule has 0 aromatic carbocycles. The van der Waals surface area contributed by atoms with Crippen LogP contribution in [0.1, 0.15) is 37.7 Å². The minimum atomic E-state index is 0.114. The lowest BCUT2D eigenvalue weighted by atomic mass is 9.97. The molecule has 0 saturated carbocycles. The quantitative estimate of drug-likeness (QED) is 0.665. The lowest BCUT2D eigenvalue weighted by molar-refractivity contribution is 0.403. The first-order valence-corrected chi connectivity index (χ1v) is 8.99. The SMILES string of the molecule is Cc1cn2ncc(-c3nc(C#N)ccc3/C(C=N)=C/NCC(C)(C)C)cc2n1. The maximum absolute atomic E-state index is 9.29. The predicted octanol–water partition coefficient (Wildman–Crippen LogP) is 3.60. The van der Waals surface area contributed by atoms with Gasteiger partial charge in [0.05, 0.1) is 23.8 Å². The lowest BCUT2D eigenvalue weighted by Gasteiger charge is -2.18. The highest BCUT2D eigenvalue weighted by Crippen LogP contribution is 2.27. The predicted molar refractivity (Wildman–Crippen MR) is 110 cm³/mol. The van der Waals surface area contributed by atoms with Gasteiger partial charge in [0.15, 0.2) is 5.65 Å². The molecule has 0 aliphatic heterocycles. The number of allylic oxidation sites excluding steroid dienone is 1. The van der Waals surface area contributed by atoms with Crippen LogP contribution in [0.4, 0.5) is 0 Å². The van der Waals surface area contributed by atoms with Crippen molar-refractivity contribution < 1.29 is 0 Å². The summed E-state index contributed by atoms with van der Waals surface area (Å²) in [5.74, 6) is 0. The summed E-state index contributed by atoms with van der Waals surface area (Å²) in [5.41, 5.74) is 4.77. The van der Waals surface area contributed by atoms with Crippen molar-refractivity contribution in [1.82, 2.24) is 24.9 Å². The van der Waals surface area contributed by atoms with Crippen LogP contribution in [0, 0.1) is 29.1 Å². The minimum absolute atomic E-state index is 0.114. The van der Waals surface area contributed by atoms with Gasteiger partial charge in [-0.05, 0) is 30.5 Å². The monoisotopic (exact) mass is 373 g/mol. The molecule has 3 aromatic rings. The molecule has 3 heterocycles. The molecule has 0 aliphatic rings. The third-order valence-corrected chi connectivity index (χ3v) is 4.08. The average Bonchev–Trinajstić information content (AvgIpc) is 3.03. The Balaban J connectivity index is 2.09. The van der Waals surface area contributed by atoms with Crippen molar-refractivity contribution in [2.45, 2.75) is 27.7 Å². The Morgan fingerprint density at radius 1 is 1.32 bits per heavy atom. The van der Waals surface area contributed by atoms with Gasteiger partial charge in [-0.15, -0.1) is 0 Å². The zero-order chi connectivity index (χ0) is 20.3. The molecule has 0 spiro atoms. The highest BCUT2D eigenvalue weighted by Gasteiger charge is 2.14. The number of nitrogens with one attached hydrogen (secondary N) is 2. The molecule has 0 atom stereocenters. The van der Waals surface area contributed by atoms with Crippen molar-refractivity contribution >= 4 is 17.4 Å². The average molecular weight is 373 g/mol. The molecule has 28 heavy (non-hydrogen) atoms. The first-order chi connectivity index (χ1) is 13.3. The topological polar surface area (TPSA) is 103 Å². The van der Waals surface area contributed by atoms with Gasteiger partial charge in [-0.2, -0.15) is 10.4 Å². The van der Waals surface area contributed by atoms with Crippen molar-refractivity contribution in [3.05, 3.63) is 53.7 Å². The number of hydrogen-bond donors (Lipinski definition) is 2. The van der Waals surface area contributed by atoms with Crippen LogP contribution in [0.25, 0.3) is 22.5 Å². The van der Waals surface area contributed by atoms with E-state index in [9.17, 15) is 5.26 Å². The van der Waals surface area contributed by atoms with Gasteiger partial charge < -0.3 is 10.7 Å². The Hall–Kier alpha value is -3.53. The third kappa shape index (κ3) is 4.23. The van der Waals surface area contributed by atoms with E-state index >= 15 is 0 Å². The van der Waals surface area contributed by atoms with Gasteiger partial charge in [0.25, 0.3) is 0 Å². The molecule has 3 aromatic heterocycles. The molecule has 3 rings (SSSR count). The van der Waals surface area contributed by atoms with Crippen molar-refractivity contribution in [2.75, 3.05) is 6.54 Å². The molecular formula is C21H23N7. The first kappa shape index (κ1) is 19.2. The third-order valence-electron chi connectivity index (χ3n) is 4.08. The van der Waals surface area contributed by atoms with Crippen molar-refractivity contribution in [1.29, 1.82) is 10.7 Å². The van der Waals surface area contributed by atoms with Crippen LogP contribution >= 0.6 is 0 Å². The van der Waals surface area contributed by atoms with Crippen LogP contribution in [0.3, 0.4) is 0 Å². The van der Waals surface area contributed by atoms with Gasteiger partial charge in [0.1, 0.15) is 11.8 Å². The number of nitriles is 1. The van der Waals surface area contributed by atoms with Crippen LogP contribution in [0.5, 0.6) is 0 Å². The minimum Gasteiger partial charge on any atom is -0.390 e. The van der Waals surface area contributed by atoms with Gasteiger partial charge >= 0.3 is 0 Å². The number of aryl methyl sites for hydroxylation is 1. The van der Waals surface area contributed by atoms with Crippen LogP contribution in [0.2, 0.25) is 0 Å². The van der Waals surface area contributed by atoms with Gasteiger partial charge in [0.2, 0.25) is 0 Å². The molecular weight excluding hydrogens is 350 g/mol. The van der Waals surface area contributed by atoms with Gasteiger partial charge in [0, 0.05) is 35.7 Å². The molecule has 7 heteroatoms. The number of fused-ring (bicyclic) bond motifs is 1. The number of pyridine rings is 1. The van der Waals surface area contributed by atoms with E-state index in [4.69, 9.17) is 5.41 Å². The van der Waals surface area contributed by atoms with Crippen molar-refractivity contribution in [3.8, 4) is 17.3 Å². The second kappa shape index (κ2) is 7.61. The Morgan fingerprint density at radius 2 is 2.11 bits per heavy atom. The second-order valence-electron chi connectivity index (χ2n) is 7.82. The summed E-state index contributed by atoms with van der Waals surface area (Å²) in [5, 5.41) is 24.8. The molecule has 7 nitrogen and oxygen atoms in total. The summed E-state index contributed by atoms with van der Waals surface area (Å²) in [7, 11) is 0. The summed E-state index contributed by atoms with van der Waals surface area (Å²) >= 11 is 0. The molecule has 0 saturated heterocycles. The second-order valence-corrected chi connectivity index (χ2v) is 7.82. The van der Waals surface area contributed by atoms with Gasteiger partial charge in [-0.3, -0.25) is 0 Å². The van der Waals surface area contributed by atoms with E-state index in [1.165, 1.54) is 6.21 Å². The van der Waals surface area contributed by atoms with Crippen molar-refractivity contribution in [2.24, 2.45) is 5.41 Å². The Bertz CT molecular complexity index is 1090. The molecule has 0 amide bonds. The van der Waals surface area contributed by atoms with E-state index in [1.54, 1.807) is 16.8 Å². The van der Waals surface area contributed by atoms with E-state index in [0.717, 1.165) is 23.4 Å². The highest BCUT2D eigenvalue weighted by atomic mass is 15.2. The zero-order valence-corrected chi connectivity index (χ0v) is 16.5. The molecule has 0 unspecified atom stereocenters. The first-order valence-electron chi connectivity index (χ1n) is 8.99. The largest absolute Gasteiger partial charge is 0.390 e. The van der Waals surface area contributed by atoms with Crippen LogP contribution in [-0.4, -0.2) is 32.3 Å². The summed E-state index contributed by atoms with van der Waals surface area (Å²) in [6.07, 6.45) is 6.65. The number of nitrogens with zero attached hydrogens (tertiary/aromatic N) is 5. The normalized spacial score (nSPS) is 12.0. The Kier molecular flexibility index (Phi) is 5.23. The van der Waals surface area contributed by atoms with E-state index in [1.807, 2.05) is 31.5 Å². The molecule has 0 radical (unpaired) electrons. The van der Waals surface area contributed by atoms with E-state index in [-0.39, 0.29) is 5.41 Å². The molecule has 0 fully saturated rings. The smallest absolute Gasteiger partial charge is 0.154 e. The van der Waals surface area contributed by atoms with E-state index < -0.39 is 0 Å². The fourth-order valence-corrected chi connectivity index (χ4v) is 2.76. The van der Waals surface area contributed by atoms with E-state index in [0.29, 0.717) is 22.6 Å². The standard InChI is InChI=1S/C21H23N7/c1-14-12-28-19(26-14)7-15(11-25-28)20-18(6-5-17(9-23)27-20)16(8-22)10-24-13-21(2,3)4/h5-8,10-12,22,24H,13H2,1-4H3/b16-10+,22-8?. The fraction of sp³-hybridized carbons (Fsp3) is 0.286. The van der Waals surface area contributed by atoms with Crippen molar-refractivity contribution in [3.63, 3.8) is 0 Å². The summed E-state index contributed by atoms with van der Waals surface area (Å²) in [4.78, 5) is 8.94. The lowest BCUT2D eigenvalue weighted by Crippen LogP contribution is -2.23. The highest BCUT2D eigenvalue weighted by molar-refractivity contribution is 6.10. The maximum atomic E-state index is 9.29. The number of rotatable bonds is 5.